The second kappa shape index (κ2) is 5.57. The minimum Gasteiger partial charge on any atom is -0.337 e. The molecule has 0 aromatic rings. The molecule has 0 aliphatic carbocycles. The molecule has 18 heavy (non-hydrogen) atoms. The van der Waals surface area contributed by atoms with Gasteiger partial charge < -0.3 is 10.2 Å². The predicted octanol–water partition coefficient (Wildman–Crippen LogP) is 0.410. The highest BCUT2D eigenvalue weighted by atomic mass is 32.2. The van der Waals surface area contributed by atoms with E-state index in [-0.39, 0.29) is 11.9 Å². The van der Waals surface area contributed by atoms with Crippen LogP contribution in [-0.2, 0) is 14.6 Å². The summed E-state index contributed by atoms with van der Waals surface area (Å²) in [6.45, 7) is 7.24. The molecule has 1 fully saturated rings. The Hall–Kier alpha value is -0.620. The molecule has 1 amide bonds. The first-order valence-electron chi connectivity index (χ1n) is 6.43. The number of nitrogens with zero attached hydrogens (tertiary/aromatic N) is 1. The van der Waals surface area contributed by atoms with Gasteiger partial charge in [-0.05, 0) is 33.2 Å². The minimum atomic E-state index is -3.41. The molecule has 1 N–H and O–H groups in total. The summed E-state index contributed by atoms with van der Waals surface area (Å²) in [4.78, 5) is 14.2. The fourth-order valence-corrected chi connectivity index (χ4v) is 2.54. The molecule has 1 aliphatic heterocycles. The second-order valence-corrected chi connectivity index (χ2v) is 7.99. The third-order valence-electron chi connectivity index (χ3n) is 3.64. The Labute approximate surface area is 110 Å². The third kappa shape index (κ3) is 3.03. The molecule has 0 spiro atoms. The maximum atomic E-state index is 12.5. The standard InChI is InChI=1S/C12H24N2O3S/c1-5-8-14(10-6-7-13-9-10)11(15)12(2,3)18(4,16)17/h10,13H,5-9H2,1-4H3. The highest BCUT2D eigenvalue weighted by molar-refractivity contribution is 7.92. The van der Waals surface area contributed by atoms with Crippen molar-refractivity contribution in [3.63, 3.8) is 0 Å². The van der Waals surface area contributed by atoms with Gasteiger partial charge in [0, 0.05) is 25.4 Å². The number of carbonyl (C=O) groups is 1. The zero-order chi connectivity index (χ0) is 14.0. The lowest BCUT2D eigenvalue weighted by Crippen LogP contribution is -2.53. The molecule has 0 saturated carbocycles. The Kier molecular flexibility index (Phi) is 4.78. The lowest BCUT2D eigenvalue weighted by Gasteiger charge is -2.34. The predicted molar refractivity (Wildman–Crippen MR) is 72.2 cm³/mol. The van der Waals surface area contributed by atoms with Gasteiger partial charge in [-0.1, -0.05) is 6.92 Å². The molecule has 1 heterocycles. The average molecular weight is 276 g/mol. The van der Waals surface area contributed by atoms with Crippen LogP contribution in [0.25, 0.3) is 0 Å². The molecule has 1 atom stereocenters. The van der Waals surface area contributed by atoms with Gasteiger partial charge in [0.25, 0.3) is 0 Å². The topological polar surface area (TPSA) is 66.5 Å². The van der Waals surface area contributed by atoms with Gasteiger partial charge in [0.05, 0.1) is 0 Å². The average Bonchev–Trinajstić information content (AvgIpc) is 2.76. The first kappa shape index (κ1) is 15.4. The highest BCUT2D eigenvalue weighted by Crippen LogP contribution is 2.22. The number of hydrogen-bond donors (Lipinski definition) is 1. The Balaban J connectivity index is 2.95. The van der Waals surface area contributed by atoms with E-state index in [9.17, 15) is 13.2 Å². The Bertz CT molecular complexity index is 398. The molecule has 5 nitrogen and oxygen atoms in total. The van der Waals surface area contributed by atoms with Crippen LogP contribution in [0.4, 0.5) is 0 Å². The van der Waals surface area contributed by atoms with Crippen LogP contribution in [0.2, 0.25) is 0 Å². The minimum absolute atomic E-state index is 0.124. The van der Waals surface area contributed by atoms with Crippen molar-refractivity contribution in [1.29, 1.82) is 0 Å². The van der Waals surface area contributed by atoms with Gasteiger partial charge in [-0.25, -0.2) is 8.42 Å². The molecule has 1 aliphatic rings. The van der Waals surface area contributed by atoms with Gasteiger partial charge in [-0.15, -0.1) is 0 Å². The third-order valence-corrected chi connectivity index (χ3v) is 5.67. The van der Waals surface area contributed by atoms with Crippen molar-refractivity contribution in [1.82, 2.24) is 10.2 Å². The van der Waals surface area contributed by atoms with E-state index >= 15 is 0 Å². The smallest absolute Gasteiger partial charge is 0.243 e. The quantitative estimate of drug-likeness (QED) is 0.790. The van der Waals surface area contributed by atoms with Crippen molar-refractivity contribution in [2.24, 2.45) is 0 Å². The molecular weight excluding hydrogens is 252 g/mol. The number of nitrogens with one attached hydrogen (secondary N) is 1. The first-order chi connectivity index (χ1) is 8.21. The zero-order valence-electron chi connectivity index (χ0n) is 11.7. The summed E-state index contributed by atoms with van der Waals surface area (Å²) in [5, 5.41) is 3.21. The molecule has 6 heteroatoms. The zero-order valence-corrected chi connectivity index (χ0v) is 12.5. The maximum Gasteiger partial charge on any atom is 0.243 e. The molecule has 0 bridgehead atoms. The van der Waals surface area contributed by atoms with Crippen molar-refractivity contribution in [3.8, 4) is 0 Å². The van der Waals surface area contributed by atoms with Gasteiger partial charge in [-0.2, -0.15) is 0 Å². The monoisotopic (exact) mass is 276 g/mol. The van der Waals surface area contributed by atoms with Gasteiger partial charge in [-0.3, -0.25) is 4.79 Å². The van der Waals surface area contributed by atoms with Crippen LogP contribution in [0.3, 0.4) is 0 Å². The highest BCUT2D eigenvalue weighted by Gasteiger charge is 2.43. The summed E-state index contributed by atoms with van der Waals surface area (Å²) in [7, 11) is -3.41. The number of rotatable bonds is 5. The molecule has 0 radical (unpaired) electrons. The van der Waals surface area contributed by atoms with E-state index in [4.69, 9.17) is 0 Å². The van der Waals surface area contributed by atoms with Crippen LogP contribution in [0.15, 0.2) is 0 Å². The van der Waals surface area contributed by atoms with Crippen LogP contribution < -0.4 is 5.32 Å². The molecular formula is C12H24N2O3S. The van der Waals surface area contributed by atoms with E-state index in [0.717, 1.165) is 32.2 Å². The molecule has 0 aromatic heterocycles. The first-order valence-corrected chi connectivity index (χ1v) is 8.32. The molecule has 1 unspecified atom stereocenters. The number of amides is 1. The van der Waals surface area contributed by atoms with Crippen molar-refractivity contribution < 1.29 is 13.2 Å². The Morgan fingerprint density at radius 3 is 2.44 bits per heavy atom. The number of sulfone groups is 1. The second-order valence-electron chi connectivity index (χ2n) is 5.43. The Morgan fingerprint density at radius 1 is 1.44 bits per heavy atom. The molecule has 106 valence electrons. The van der Waals surface area contributed by atoms with E-state index in [0.29, 0.717) is 6.54 Å². The number of hydrogen-bond acceptors (Lipinski definition) is 4. The van der Waals surface area contributed by atoms with E-state index in [2.05, 4.69) is 5.32 Å². The van der Waals surface area contributed by atoms with E-state index in [1.165, 1.54) is 13.8 Å². The van der Waals surface area contributed by atoms with Gasteiger partial charge in [0.15, 0.2) is 9.84 Å². The number of carbonyl (C=O) groups excluding carboxylic acids is 1. The fraction of sp³-hybridized carbons (Fsp3) is 0.917. The SMILES string of the molecule is CCCN(C(=O)C(C)(C)S(C)(=O)=O)C1CCNC1. The summed E-state index contributed by atoms with van der Waals surface area (Å²) < 4.78 is 22.2. The lowest BCUT2D eigenvalue weighted by atomic mass is 10.1. The Morgan fingerprint density at radius 2 is 2.06 bits per heavy atom. The normalized spacial score (nSPS) is 21.0. The van der Waals surface area contributed by atoms with E-state index in [1.54, 1.807) is 4.90 Å². The van der Waals surface area contributed by atoms with E-state index in [1.807, 2.05) is 6.92 Å². The summed E-state index contributed by atoms with van der Waals surface area (Å²) >= 11 is 0. The van der Waals surface area contributed by atoms with Crippen LogP contribution in [0.1, 0.15) is 33.6 Å². The fourth-order valence-electron chi connectivity index (χ4n) is 2.10. The maximum absolute atomic E-state index is 12.5. The van der Waals surface area contributed by atoms with Crippen LogP contribution >= 0.6 is 0 Å². The van der Waals surface area contributed by atoms with Crippen molar-refractivity contribution >= 4 is 15.7 Å². The van der Waals surface area contributed by atoms with Crippen molar-refractivity contribution in [2.45, 2.75) is 44.4 Å². The van der Waals surface area contributed by atoms with Crippen LogP contribution in [0, 0.1) is 0 Å². The van der Waals surface area contributed by atoms with Crippen molar-refractivity contribution in [3.05, 3.63) is 0 Å². The van der Waals surface area contributed by atoms with E-state index < -0.39 is 14.6 Å². The largest absolute Gasteiger partial charge is 0.337 e. The molecule has 0 aromatic carbocycles. The van der Waals surface area contributed by atoms with Crippen LogP contribution in [-0.4, -0.2) is 55.9 Å². The van der Waals surface area contributed by atoms with Crippen molar-refractivity contribution in [2.75, 3.05) is 25.9 Å². The summed E-state index contributed by atoms with van der Waals surface area (Å²) in [5.41, 5.74) is 0. The van der Waals surface area contributed by atoms with Gasteiger partial charge in [0.1, 0.15) is 4.75 Å². The summed E-state index contributed by atoms with van der Waals surface area (Å²) in [5.74, 6) is -0.277. The van der Waals surface area contributed by atoms with Gasteiger partial charge in [0.2, 0.25) is 5.91 Å². The van der Waals surface area contributed by atoms with Gasteiger partial charge >= 0.3 is 0 Å². The summed E-state index contributed by atoms with van der Waals surface area (Å²) in [6.07, 6.45) is 2.86. The van der Waals surface area contributed by atoms with Crippen LogP contribution in [0.5, 0.6) is 0 Å². The lowest BCUT2D eigenvalue weighted by molar-refractivity contribution is -0.135. The molecule has 1 saturated heterocycles. The molecule has 1 rings (SSSR count). The summed E-state index contributed by atoms with van der Waals surface area (Å²) in [6, 6.07) is 0.124.